The summed E-state index contributed by atoms with van der Waals surface area (Å²) in [5.74, 6) is -0.227. The van der Waals surface area contributed by atoms with E-state index in [0.29, 0.717) is 0 Å². The average molecular weight is 292 g/mol. The third-order valence-electron chi connectivity index (χ3n) is 3.31. The second kappa shape index (κ2) is 6.87. The molecule has 0 saturated heterocycles. The third kappa shape index (κ3) is 3.38. The standard InChI is InChI=1S/C17H19ClFN/c1-3-10-20-17(13-7-5-8-14(19)11-13)15-9-4-6-12(2)16(15)18/h4-9,11,17,20H,3,10H2,1-2H3. The summed E-state index contributed by atoms with van der Waals surface area (Å²) in [6, 6.07) is 12.5. The zero-order chi connectivity index (χ0) is 14.5. The molecule has 2 aromatic carbocycles. The minimum Gasteiger partial charge on any atom is -0.306 e. The topological polar surface area (TPSA) is 12.0 Å². The molecule has 0 amide bonds. The SMILES string of the molecule is CCCNC(c1cccc(F)c1)c1cccc(C)c1Cl. The van der Waals surface area contributed by atoms with Crippen LogP contribution in [0.25, 0.3) is 0 Å². The van der Waals surface area contributed by atoms with Crippen LogP contribution in [0.5, 0.6) is 0 Å². The molecule has 0 heterocycles. The fourth-order valence-corrected chi connectivity index (χ4v) is 2.51. The van der Waals surface area contributed by atoms with Crippen LogP contribution in [0.2, 0.25) is 5.02 Å². The number of benzene rings is 2. The van der Waals surface area contributed by atoms with Crippen molar-refractivity contribution in [3.63, 3.8) is 0 Å². The number of nitrogens with one attached hydrogen (secondary N) is 1. The molecule has 0 radical (unpaired) electrons. The fraction of sp³-hybridized carbons (Fsp3) is 0.294. The number of rotatable bonds is 5. The van der Waals surface area contributed by atoms with Gasteiger partial charge >= 0.3 is 0 Å². The van der Waals surface area contributed by atoms with Crippen molar-refractivity contribution < 1.29 is 4.39 Å². The van der Waals surface area contributed by atoms with Gasteiger partial charge in [-0.3, -0.25) is 0 Å². The normalized spacial score (nSPS) is 12.4. The van der Waals surface area contributed by atoms with Gasteiger partial charge in [-0.05, 0) is 48.7 Å². The summed E-state index contributed by atoms with van der Waals surface area (Å²) < 4.78 is 13.5. The molecule has 20 heavy (non-hydrogen) atoms. The monoisotopic (exact) mass is 291 g/mol. The van der Waals surface area contributed by atoms with Gasteiger partial charge in [-0.1, -0.05) is 48.9 Å². The lowest BCUT2D eigenvalue weighted by Crippen LogP contribution is -2.23. The second-order valence-electron chi connectivity index (χ2n) is 4.92. The van der Waals surface area contributed by atoms with Crippen molar-refractivity contribution in [2.75, 3.05) is 6.54 Å². The first-order chi connectivity index (χ1) is 9.63. The molecule has 0 spiro atoms. The van der Waals surface area contributed by atoms with Crippen molar-refractivity contribution in [1.82, 2.24) is 5.32 Å². The van der Waals surface area contributed by atoms with Gasteiger partial charge in [-0.15, -0.1) is 0 Å². The zero-order valence-electron chi connectivity index (χ0n) is 11.8. The highest BCUT2D eigenvalue weighted by Crippen LogP contribution is 2.30. The van der Waals surface area contributed by atoms with Crippen molar-refractivity contribution in [2.24, 2.45) is 0 Å². The van der Waals surface area contributed by atoms with Crippen LogP contribution in [-0.2, 0) is 0 Å². The Morgan fingerprint density at radius 1 is 1.20 bits per heavy atom. The van der Waals surface area contributed by atoms with Gasteiger partial charge in [0.15, 0.2) is 0 Å². The van der Waals surface area contributed by atoms with Crippen LogP contribution in [0.3, 0.4) is 0 Å². The van der Waals surface area contributed by atoms with E-state index in [0.717, 1.165) is 34.7 Å². The second-order valence-corrected chi connectivity index (χ2v) is 5.30. The molecule has 0 saturated carbocycles. The Labute approximate surface area is 124 Å². The van der Waals surface area contributed by atoms with Gasteiger partial charge in [-0.2, -0.15) is 0 Å². The summed E-state index contributed by atoms with van der Waals surface area (Å²) in [6.45, 7) is 4.94. The lowest BCUT2D eigenvalue weighted by Gasteiger charge is -2.21. The van der Waals surface area contributed by atoms with E-state index in [2.05, 4.69) is 12.2 Å². The van der Waals surface area contributed by atoms with E-state index in [9.17, 15) is 4.39 Å². The Morgan fingerprint density at radius 3 is 2.65 bits per heavy atom. The molecule has 0 aliphatic rings. The van der Waals surface area contributed by atoms with Gasteiger partial charge in [0.05, 0.1) is 6.04 Å². The molecule has 1 N–H and O–H groups in total. The predicted octanol–water partition coefficient (Wildman–Crippen LogP) is 4.88. The van der Waals surface area contributed by atoms with Crippen LogP contribution in [0.1, 0.15) is 36.1 Å². The summed E-state index contributed by atoms with van der Waals surface area (Å²) >= 11 is 6.42. The molecule has 2 rings (SSSR count). The van der Waals surface area contributed by atoms with Gasteiger partial charge in [-0.25, -0.2) is 4.39 Å². The Kier molecular flexibility index (Phi) is 5.16. The molecule has 106 valence electrons. The largest absolute Gasteiger partial charge is 0.306 e. The average Bonchev–Trinajstić information content (AvgIpc) is 2.44. The number of halogens is 2. The molecule has 0 fully saturated rings. The maximum Gasteiger partial charge on any atom is 0.123 e. The minimum absolute atomic E-state index is 0.0851. The quantitative estimate of drug-likeness (QED) is 0.828. The van der Waals surface area contributed by atoms with Crippen LogP contribution in [-0.4, -0.2) is 6.54 Å². The molecule has 1 unspecified atom stereocenters. The maximum absolute atomic E-state index is 13.5. The predicted molar refractivity (Wildman–Crippen MR) is 82.7 cm³/mol. The minimum atomic E-state index is -0.227. The van der Waals surface area contributed by atoms with Gasteiger partial charge in [0, 0.05) is 5.02 Å². The van der Waals surface area contributed by atoms with E-state index in [-0.39, 0.29) is 11.9 Å². The van der Waals surface area contributed by atoms with E-state index in [4.69, 9.17) is 11.6 Å². The Hall–Kier alpha value is -1.38. The van der Waals surface area contributed by atoms with Gasteiger partial charge in [0.2, 0.25) is 0 Å². The molecular formula is C17H19ClFN. The van der Waals surface area contributed by atoms with E-state index in [1.54, 1.807) is 12.1 Å². The summed E-state index contributed by atoms with van der Waals surface area (Å²) in [5, 5.41) is 4.19. The smallest absolute Gasteiger partial charge is 0.123 e. The van der Waals surface area contributed by atoms with Gasteiger partial charge < -0.3 is 5.32 Å². The highest BCUT2D eigenvalue weighted by Gasteiger charge is 2.17. The van der Waals surface area contributed by atoms with Crippen molar-refractivity contribution in [1.29, 1.82) is 0 Å². The highest BCUT2D eigenvalue weighted by molar-refractivity contribution is 6.32. The Morgan fingerprint density at radius 2 is 1.95 bits per heavy atom. The van der Waals surface area contributed by atoms with Crippen molar-refractivity contribution in [2.45, 2.75) is 26.3 Å². The van der Waals surface area contributed by atoms with E-state index in [1.165, 1.54) is 6.07 Å². The molecule has 1 nitrogen and oxygen atoms in total. The van der Waals surface area contributed by atoms with Crippen molar-refractivity contribution in [3.8, 4) is 0 Å². The van der Waals surface area contributed by atoms with E-state index in [1.807, 2.05) is 31.2 Å². The van der Waals surface area contributed by atoms with Crippen LogP contribution in [0.4, 0.5) is 4.39 Å². The van der Waals surface area contributed by atoms with Crippen LogP contribution in [0.15, 0.2) is 42.5 Å². The summed E-state index contributed by atoms with van der Waals surface area (Å²) in [7, 11) is 0. The highest BCUT2D eigenvalue weighted by atomic mass is 35.5. The molecule has 1 atom stereocenters. The van der Waals surface area contributed by atoms with Crippen molar-refractivity contribution in [3.05, 3.63) is 70.0 Å². The van der Waals surface area contributed by atoms with Crippen molar-refractivity contribution >= 4 is 11.6 Å². The molecule has 2 aromatic rings. The first-order valence-electron chi connectivity index (χ1n) is 6.87. The summed E-state index contributed by atoms with van der Waals surface area (Å²) in [5.41, 5.74) is 2.92. The van der Waals surface area contributed by atoms with Crippen LogP contribution < -0.4 is 5.32 Å². The third-order valence-corrected chi connectivity index (χ3v) is 3.83. The molecule has 0 aromatic heterocycles. The Balaban J connectivity index is 2.44. The van der Waals surface area contributed by atoms with E-state index >= 15 is 0 Å². The lowest BCUT2D eigenvalue weighted by molar-refractivity contribution is 0.585. The van der Waals surface area contributed by atoms with Crippen LogP contribution >= 0.6 is 11.6 Å². The first kappa shape index (κ1) is 15.0. The summed E-state index contributed by atoms with van der Waals surface area (Å²) in [4.78, 5) is 0. The number of hydrogen-bond acceptors (Lipinski definition) is 1. The number of hydrogen-bond donors (Lipinski definition) is 1. The molecule has 0 aliphatic carbocycles. The molecular weight excluding hydrogens is 273 g/mol. The zero-order valence-corrected chi connectivity index (χ0v) is 12.5. The molecule has 0 bridgehead atoms. The molecule has 3 heteroatoms. The fourth-order valence-electron chi connectivity index (χ4n) is 2.28. The maximum atomic E-state index is 13.5. The van der Waals surface area contributed by atoms with Crippen LogP contribution in [0, 0.1) is 12.7 Å². The first-order valence-corrected chi connectivity index (χ1v) is 7.25. The number of aryl methyl sites for hydroxylation is 1. The summed E-state index contributed by atoms with van der Waals surface area (Å²) in [6.07, 6.45) is 1.01. The lowest BCUT2D eigenvalue weighted by atomic mass is 9.97. The van der Waals surface area contributed by atoms with Gasteiger partial charge in [0.1, 0.15) is 5.82 Å². The van der Waals surface area contributed by atoms with E-state index < -0.39 is 0 Å². The Bertz CT molecular complexity index is 583. The molecule has 0 aliphatic heterocycles. The van der Waals surface area contributed by atoms with Gasteiger partial charge in [0.25, 0.3) is 0 Å².